The molecule has 148 valence electrons. The van der Waals surface area contributed by atoms with Crippen molar-refractivity contribution in [3.8, 4) is 11.3 Å². The fraction of sp³-hybridized carbons (Fsp3) is 0.286. The lowest BCUT2D eigenvalue weighted by molar-refractivity contribution is 0.186. The molecule has 0 N–H and O–H groups in total. The van der Waals surface area contributed by atoms with Crippen molar-refractivity contribution < 1.29 is 8.42 Å². The highest BCUT2D eigenvalue weighted by molar-refractivity contribution is 7.89. The van der Waals surface area contributed by atoms with Crippen molar-refractivity contribution in [1.82, 2.24) is 18.8 Å². The van der Waals surface area contributed by atoms with E-state index in [-0.39, 0.29) is 22.3 Å². The Bertz CT molecular complexity index is 1210. The number of nitrogens with zero attached hydrogens (tertiary/aromatic N) is 4. The Morgan fingerprint density at radius 1 is 1.00 bits per heavy atom. The number of aromatic nitrogens is 3. The molecule has 0 saturated carbocycles. The quantitative estimate of drug-likeness (QED) is 0.663. The van der Waals surface area contributed by atoms with E-state index < -0.39 is 10.0 Å². The molecule has 0 aromatic carbocycles. The van der Waals surface area contributed by atoms with Crippen LogP contribution >= 0.6 is 0 Å². The first-order valence-corrected chi connectivity index (χ1v) is 11.0. The average molecular weight is 408 g/mol. The Kier molecular flexibility index (Phi) is 4.33. The van der Waals surface area contributed by atoms with E-state index in [0.717, 1.165) is 23.4 Å². The smallest absolute Gasteiger partial charge is 0.251 e. The van der Waals surface area contributed by atoms with Crippen LogP contribution in [0.25, 0.3) is 11.3 Å². The number of pyridine rings is 3. The standard InChI is InChI=1S/C21H20N4O3S/c26-21-10-16(19-5-1-2-7-23-19)9-20-17-8-15(13-25(20)21)12-24(14-17)29(27,28)18-4-3-6-22-11-18/h1-7,9-11,15,17H,8,12-14H2/t15-,17+/m0/s1. The molecule has 0 aliphatic carbocycles. The largest absolute Gasteiger partial charge is 0.312 e. The van der Waals surface area contributed by atoms with E-state index in [9.17, 15) is 13.2 Å². The number of fused-ring (bicyclic) bond motifs is 4. The van der Waals surface area contributed by atoms with Crippen LogP contribution in [0.2, 0.25) is 0 Å². The second-order valence-corrected chi connectivity index (χ2v) is 9.58. The third-order valence-electron chi connectivity index (χ3n) is 5.76. The Hall–Kier alpha value is -2.84. The zero-order valence-corrected chi connectivity index (χ0v) is 16.5. The van der Waals surface area contributed by atoms with Crippen LogP contribution in [-0.4, -0.2) is 40.3 Å². The third kappa shape index (κ3) is 3.18. The number of rotatable bonds is 3. The van der Waals surface area contributed by atoms with Gasteiger partial charge in [0.2, 0.25) is 10.0 Å². The zero-order valence-electron chi connectivity index (χ0n) is 15.7. The number of sulfonamides is 1. The maximum Gasteiger partial charge on any atom is 0.251 e. The number of piperidine rings is 1. The molecule has 0 amide bonds. The molecule has 7 nitrogen and oxygen atoms in total. The predicted molar refractivity (Wildman–Crippen MR) is 108 cm³/mol. The van der Waals surface area contributed by atoms with Crippen molar-refractivity contribution in [3.63, 3.8) is 0 Å². The van der Waals surface area contributed by atoms with Crippen LogP contribution in [0, 0.1) is 5.92 Å². The summed E-state index contributed by atoms with van der Waals surface area (Å²) in [6, 6.07) is 12.4. The predicted octanol–water partition coefficient (Wildman–Crippen LogP) is 2.11. The highest BCUT2D eigenvalue weighted by atomic mass is 32.2. The van der Waals surface area contributed by atoms with Crippen LogP contribution in [0.15, 0.2) is 70.7 Å². The van der Waals surface area contributed by atoms with Crippen LogP contribution < -0.4 is 5.56 Å². The highest BCUT2D eigenvalue weighted by Gasteiger charge is 2.39. The normalized spacial score (nSPS) is 21.5. The van der Waals surface area contributed by atoms with E-state index >= 15 is 0 Å². The van der Waals surface area contributed by atoms with Gasteiger partial charge in [0, 0.05) is 61.5 Å². The van der Waals surface area contributed by atoms with Crippen molar-refractivity contribution >= 4 is 10.0 Å². The van der Waals surface area contributed by atoms with Gasteiger partial charge in [-0.05, 0) is 42.7 Å². The molecule has 2 atom stereocenters. The molecule has 2 aliphatic heterocycles. The molecule has 8 heteroatoms. The Labute approximate surface area is 168 Å². The summed E-state index contributed by atoms with van der Waals surface area (Å²) in [4.78, 5) is 21.3. The second-order valence-electron chi connectivity index (χ2n) is 7.64. The van der Waals surface area contributed by atoms with Gasteiger partial charge in [-0.3, -0.25) is 14.8 Å². The van der Waals surface area contributed by atoms with Crippen molar-refractivity contribution in [2.75, 3.05) is 13.1 Å². The van der Waals surface area contributed by atoms with E-state index in [1.807, 2.05) is 24.3 Å². The molecule has 2 aliphatic rings. The van der Waals surface area contributed by atoms with Gasteiger partial charge in [0.1, 0.15) is 4.90 Å². The monoisotopic (exact) mass is 408 g/mol. The van der Waals surface area contributed by atoms with Crippen LogP contribution in [-0.2, 0) is 16.6 Å². The molecular weight excluding hydrogens is 388 g/mol. The van der Waals surface area contributed by atoms with Crippen LogP contribution in [0.3, 0.4) is 0 Å². The molecule has 0 radical (unpaired) electrons. The zero-order chi connectivity index (χ0) is 20.0. The van der Waals surface area contributed by atoms with Crippen molar-refractivity contribution in [2.24, 2.45) is 5.92 Å². The van der Waals surface area contributed by atoms with Crippen LogP contribution in [0.4, 0.5) is 0 Å². The first-order valence-electron chi connectivity index (χ1n) is 9.59. The van der Waals surface area contributed by atoms with Gasteiger partial charge < -0.3 is 4.57 Å². The maximum absolute atomic E-state index is 13.1. The average Bonchev–Trinajstić information content (AvgIpc) is 2.75. The van der Waals surface area contributed by atoms with Gasteiger partial charge in [-0.1, -0.05) is 6.07 Å². The summed E-state index contributed by atoms with van der Waals surface area (Å²) in [5, 5.41) is 0. The maximum atomic E-state index is 13.1. The first-order chi connectivity index (χ1) is 14.0. The van der Waals surface area contributed by atoms with E-state index in [1.54, 1.807) is 39.5 Å². The topological polar surface area (TPSA) is 85.2 Å². The molecule has 29 heavy (non-hydrogen) atoms. The van der Waals surface area contributed by atoms with Crippen molar-refractivity contribution in [1.29, 1.82) is 0 Å². The summed E-state index contributed by atoms with van der Waals surface area (Å²) < 4.78 is 29.5. The van der Waals surface area contributed by atoms with Crippen molar-refractivity contribution in [2.45, 2.75) is 23.8 Å². The SMILES string of the molecule is O=c1cc(-c2ccccn2)cc2n1C[C@H]1C[C@@H]2CN(S(=O)(=O)c2cccnc2)C1. The molecule has 5 rings (SSSR count). The van der Waals surface area contributed by atoms with Crippen LogP contribution in [0.5, 0.6) is 0 Å². The lowest BCUT2D eigenvalue weighted by Gasteiger charge is -2.42. The van der Waals surface area contributed by atoms with Crippen molar-refractivity contribution in [3.05, 3.63) is 77.1 Å². The number of hydrogen-bond acceptors (Lipinski definition) is 5. The Balaban J connectivity index is 1.53. The third-order valence-corrected chi connectivity index (χ3v) is 7.57. The Morgan fingerprint density at radius 2 is 1.90 bits per heavy atom. The van der Waals surface area contributed by atoms with E-state index in [4.69, 9.17) is 0 Å². The molecule has 0 unspecified atom stereocenters. The van der Waals surface area contributed by atoms with Gasteiger partial charge in [0.05, 0.1) is 5.69 Å². The molecule has 3 aromatic heterocycles. The minimum absolute atomic E-state index is 0.0229. The van der Waals surface area contributed by atoms with E-state index in [1.165, 1.54) is 6.20 Å². The summed E-state index contributed by atoms with van der Waals surface area (Å²) in [5.41, 5.74) is 2.35. The fourth-order valence-electron chi connectivity index (χ4n) is 4.44. The van der Waals surface area contributed by atoms with E-state index in [0.29, 0.717) is 19.6 Å². The molecule has 1 saturated heterocycles. The molecule has 1 fully saturated rings. The van der Waals surface area contributed by atoms with Gasteiger partial charge >= 0.3 is 0 Å². The fourth-order valence-corrected chi connectivity index (χ4v) is 5.97. The summed E-state index contributed by atoms with van der Waals surface area (Å²) in [5.74, 6) is 0.0939. The van der Waals surface area contributed by atoms with E-state index in [2.05, 4.69) is 9.97 Å². The minimum Gasteiger partial charge on any atom is -0.312 e. The second kappa shape index (κ2) is 6.89. The van der Waals surface area contributed by atoms with Gasteiger partial charge in [-0.25, -0.2) is 8.42 Å². The minimum atomic E-state index is -3.61. The van der Waals surface area contributed by atoms with Gasteiger partial charge in [0.25, 0.3) is 5.56 Å². The molecular formula is C21H20N4O3S. The Morgan fingerprint density at radius 3 is 2.66 bits per heavy atom. The number of hydrogen-bond donors (Lipinski definition) is 0. The lowest BCUT2D eigenvalue weighted by Crippen LogP contribution is -2.49. The summed E-state index contributed by atoms with van der Waals surface area (Å²) >= 11 is 0. The van der Waals surface area contributed by atoms with Gasteiger partial charge in [-0.2, -0.15) is 4.31 Å². The summed E-state index contributed by atoms with van der Waals surface area (Å²) in [6.07, 6.45) is 5.53. The van der Waals surface area contributed by atoms with Gasteiger partial charge in [-0.15, -0.1) is 0 Å². The van der Waals surface area contributed by atoms with Gasteiger partial charge in [0.15, 0.2) is 0 Å². The molecule has 2 bridgehead atoms. The first kappa shape index (κ1) is 18.2. The lowest BCUT2D eigenvalue weighted by atomic mass is 9.83. The van der Waals surface area contributed by atoms with Crippen LogP contribution in [0.1, 0.15) is 18.0 Å². The highest BCUT2D eigenvalue weighted by Crippen LogP contribution is 2.38. The summed E-state index contributed by atoms with van der Waals surface area (Å²) in [6.45, 7) is 1.31. The molecule has 5 heterocycles. The summed E-state index contributed by atoms with van der Waals surface area (Å²) in [7, 11) is -3.61. The molecule has 0 spiro atoms. The molecule has 3 aromatic rings.